The Bertz CT molecular complexity index is 444. The van der Waals surface area contributed by atoms with Crippen molar-refractivity contribution >= 4 is 0 Å². The van der Waals surface area contributed by atoms with E-state index in [1.807, 2.05) is 31.0 Å². The zero-order chi connectivity index (χ0) is 11.4. The standard InChI is InChI=1S/C10H16N6/c1-9-5-13-16(7-9)4-3-11-6-10-12-8-14-15(10)2/h5,7-8,11H,3-4,6H2,1-2H3. The quantitative estimate of drug-likeness (QED) is 0.727. The van der Waals surface area contributed by atoms with E-state index in [1.165, 1.54) is 5.56 Å². The van der Waals surface area contributed by atoms with Gasteiger partial charge in [0, 0.05) is 19.8 Å². The van der Waals surface area contributed by atoms with Gasteiger partial charge in [-0.05, 0) is 12.5 Å². The van der Waals surface area contributed by atoms with E-state index < -0.39 is 0 Å². The lowest BCUT2D eigenvalue weighted by atomic mass is 10.4. The summed E-state index contributed by atoms with van der Waals surface area (Å²) in [6, 6.07) is 0. The number of rotatable bonds is 5. The Morgan fingerprint density at radius 3 is 2.88 bits per heavy atom. The summed E-state index contributed by atoms with van der Waals surface area (Å²) in [5.74, 6) is 0.941. The summed E-state index contributed by atoms with van der Waals surface area (Å²) in [4.78, 5) is 4.13. The summed E-state index contributed by atoms with van der Waals surface area (Å²) in [7, 11) is 1.89. The molecule has 2 heterocycles. The molecule has 0 bridgehead atoms. The molecule has 0 aliphatic rings. The monoisotopic (exact) mass is 220 g/mol. The molecule has 2 aromatic heterocycles. The van der Waals surface area contributed by atoms with Gasteiger partial charge < -0.3 is 5.32 Å². The number of aromatic nitrogens is 5. The van der Waals surface area contributed by atoms with Gasteiger partial charge in [0.05, 0.1) is 19.3 Å². The molecule has 0 saturated carbocycles. The smallest absolute Gasteiger partial charge is 0.140 e. The van der Waals surface area contributed by atoms with Crippen LogP contribution in [0.5, 0.6) is 0 Å². The largest absolute Gasteiger partial charge is 0.308 e. The van der Waals surface area contributed by atoms with Crippen LogP contribution in [-0.2, 0) is 20.1 Å². The molecule has 1 N–H and O–H groups in total. The van der Waals surface area contributed by atoms with Crippen LogP contribution in [0, 0.1) is 6.92 Å². The van der Waals surface area contributed by atoms with Crippen molar-refractivity contribution < 1.29 is 0 Å². The van der Waals surface area contributed by atoms with Gasteiger partial charge in [0.1, 0.15) is 12.2 Å². The minimum Gasteiger partial charge on any atom is -0.308 e. The lowest BCUT2D eigenvalue weighted by molar-refractivity contribution is 0.537. The molecule has 6 nitrogen and oxygen atoms in total. The second kappa shape index (κ2) is 4.89. The normalized spacial score (nSPS) is 10.9. The van der Waals surface area contributed by atoms with Gasteiger partial charge >= 0.3 is 0 Å². The maximum absolute atomic E-state index is 4.21. The Labute approximate surface area is 94.3 Å². The zero-order valence-corrected chi connectivity index (χ0v) is 9.59. The Morgan fingerprint density at radius 1 is 1.38 bits per heavy atom. The molecular formula is C10H16N6. The van der Waals surface area contributed by atoms with Crippen molar-refractivity contribution in [2.45, 2.75) is 20.0 Å². The van der Waals surface area contributed by atoms with Gasteiger partial charge in [-0.1, -0.05) is 0 Å². The number of aryl methyl sites for hydroxylation is 2. The average Bonchev–Trinajstić information content (AvgIpc) is 2.83. The molecule has 0 spiro atoms. The van der Waals surface area contributed by atoms with E-state index in [2.05, 4.69) is 20.5 Å². The summed E-state index contributed by atoms with van der Waals surface area (Å²) in [5, 5.41) is 11.5. The molecule has 86 valence electrons. The van der Waals surface area contributed by atoms with Crippen molar-refractivity contribution in [3.8, 4) is 0 Å². The lowest BCUT2D eigenvalue weighted by Gasteiger charge is -2.04. The molecule has 0 radical (unpaired) electrons. The van der Waals surface area contributed by atoms with E-state index in [-0.39, 0.29) is 0 Å². The van der Waals surface area contributed by atoms with Gasteiger partial charge in [0.15, 0.2) is 0 Å². The van der Waals surface area contributed by atoms with Gasteiger partial charge in [-0.25, -0.2) is 4.98 Å². The molecular weight excluding hydrogens is 204 g/mol. The zero-order valence-electron chi connectivity index (χ0n) is 9.59. The van der Waals surface area contributed by atoms with Crippen molar-refractivity contribution in [2.75, 3.05) is 6.54 Å². The highest BCUT2D eigenvalue weighted by Crippen LogP contribution is 1.93. The van der Waals surface area contributed by atoms with E-state index >= 15 is 0 Å². The van der Waals surface area contributed by atoms with E-state index in [9.17, 15) is 0 Å². The Kier molecular flexibility index (Phi) is 3.31. The van der Waals surface area contributed by atoms with Crippen LogP contribution in [0.15, 0.2) is 18.7 Å². The summed E-state index contributed by atoms with van der Waals surface area (Å²) < 4.78 is 3.70. The Balaban J connectivity index is 1.71. The van der Waals surface area contributed by atoms with Crippen molar-refractivity contribution in [2.24, 2.45) is 7.05 Å². The maximum Gasteiger partial charge on any atom is 0.140 e. The third-order valence-electron chi connectivity index (χ3n) is 2.37. The van der Waals surface area contributed by atoms with Gasteiger partial charge in [-0.3, -0.25) is 9.36 Å². The van der Waals surface area contributed by atoms with Crippen LogP contribution < -0.4 is 5.32 Å². The Morgan fingerprint density at radius 2 is 2.25 bits per heavy atom. The van der Waals surface area contributed by atoms with Crippen molar-refractivity contribution in [1.29, 1.82) is 0 Å². The molecule has 0 saturated heterocycles. The van der Waals surface area contributed by atoms with Crippen molar-refractivity contribution in [3.05, 3.63) is 30.1 Å². The van der Waals surface area contributed by atoms with Crippen LogP contribution >= 0.6 is 0 Å². The maximum atomic E-state index is 4.21. The third kappa shape index (κ3) is 2.66. The van der Waals surface area contributed by atoms with E-state index in [0.29, 0.717) is 0 Å². The fourth-order valence-corrected chi connectivity index (χ4v) is 1.46. The first-order chi connectivity index (χ1) is 7.75. The summed E-state index contributed by atoms with van der Waals surface area (Å²) >= 11 is 0. The van der Waals surface area contributed by atoms with Crippen LogP contribution in [0.1, 0.15) is 11.4 Å². The molecule has 2 rings (SSSR count). The summed E-state index contributed by atoms with van der Waals surface area (Å²) in [6.07, 6.45) is 5.46. The summed E-state index contributed by atoms with van der Waals surface area (Å²) in [5.41, 5.74) is 1.19. The predicted octanol–water partition coefficient (Wildman–Crippen LogP) is 0.110. The van der Waals surface area contributed by atoms with E-state index in [1.54, 1.807) is 11.0 Å². The molecule has 0 aliphatic carbocycles. The molecule has 0 fully saturated rings. The minimum absolute atomic E-state index is 0.733. The van der Waals surface area contributed by atoms with Crippen LogP contribution in [0.2, 0.25) is 0 Å². The first-order valence-corrected chi connectivity index (χ1v) is 5.28. The fraction of sp³-hybridized carbons (Fsp3) is 0.500. The number of nitrogens with one attached hydrogen (secondary N) is 1. The number of hydrogen-bond donors (Lipinski definition) is 1. The Hall–Kier alpha value is -1.69. The number of hydrogen-bond acceptors (Lipinski definition) is 4. The van der Waals surface area contributed by atoms with Crippen LogP contribution in [-0.4, -0.2) is 31.1 Å². The van der Waals surface area contributed by atoms with Crippen molar-refractivity contribution in [3.63, 3.8) is 0 Å². The lowest BCUT2D eigenvalue weighted by Crippen LogP contribution is -2.21. The average molecular weight is 220 g/mol. The predicted molar refractivity (Wildman–Crippen MR) is 59.7 cm³/mol. The molecule has 0 unspecified atom stereocenters. The number of nitrogens with zero attached hydrogens (tertiary/aromatic N) is 5. The second-order valence-electron chi connectivity index (χ2n) is 3.76. The first-order valence-electron chi connectivity index (χ1n) is 5.28. The van der Waals surface area contributed by atoms with Gasteiger partial charge in [-0.15, -0.1) is 0 Å². The molecule has 6 heteroatoms. The molecule has 0 atom stereocenters. The van der Waals surface area contributed by atoms with E-state index in [4.69, 9.17) is 0 Å². The third-order valence-corrected chi connectivity index (χ3v) is 2.37. The van der Waals surface area contributed by atoms with Crippen LogP contribution in [0.4, 0.5) is 0 Å². The van der Waals surface area contributed by atoms with Gasteiger partial charge in [-0.2, -0.15) is 10.2 Å². The van der Waals surface area contributed by atoms with Crippen LogP contribution in [0.25, 0.3) is 0 Å². The van der Waals surface area contributed by atoms with Gasteiger partial charge in [0.25, 0.3) is 0 Å². The fourth-order valence-electron chi connectivity index (χ4n) is 1.46. The van der Waals surface area contributed by atoms with E-state index in [0.717, 1.165) is 25.5 Å². The molecule has 0 amide bonds. The second-order valence-corrected chi connectivity index (χ2v) is 3.76. The molecule has 16 heavy (non-hydrogen) atoms. The highest BCUT2D eigenvalue weighted by Gasteiger charge is 1.99. The molecule has 2 aromatic rings. The molecule has 0 aliphatic heterocycles. The SMILES string of the molecule is Cc1cnn(CCNCc2ncnn2C)c1. The highest BCUT2D eigenvalue weighted by molar-refractivity contribution is 4.99. The van der Waals surface area contributed by atoms with Crippen LogP contribution in [0.3, 0.4) is 0 Å². The summed E-state index contributed by atoms with van der Waals surface area (Å²) in [6.45, 7) is 4.51. The first kappa shape index (κ1) is 10.8. The highest BCUT2D eigenvalue weighted by atomic mass is 15.3. The van der Waals surface area contributed by atoms with Crippen molar-refractivity contribution in [1.82, 2.24) is 29.9 Å². The molecule has 0 aromatic carbocycles. The topological polar surface area (TPSA) is 60.6 Å². The van der Waals surface area contributed by atoms with Gasteiger partial charge in [0.2, 0.25) is 0 Å². The minimum atomic E-state index is 0.733.